The second kappa shape index (κ2) is 5.24. The van der Waals surface area contributed by atoms with Crippen LogP contribution < -0.4 is 10.5 Å². The average Bonchev–Trinajstić information content (AvgIpc) is 2.99. The zero-order valence-corrected chi connectivity index (χ0v) is 12.6. The molecule has 4 rings (SSSR count). The number of aromatic nitrogens is 4. The maximum atomic E-state index is 6.08. The monoisotopic (exact) mass is 305 g/mol. The standard InChI is InChI=1S/C17H15N5O/c1-23-12-8-6-11(7-9-12)10-15-19-20-17-14-5-3-2-4-13(14)16(18)21-22(15)17/h2-9H,10H2,1H3,(H2,18,21). The number of nitrogen functional groups attached to an aromatic ring is 1. The molecule has 0 unspecified atom stereocenters. The summed E-state index contributed by atoms with van der Waals surface area (Å²) in [6.45, 7) is 0. The predicted octanol–water partition coefficient (Wildman–Crippen LogP) is 2.46. The first-order chi connectivity index (χ1) is 11.3. The number of hydrogen-bond acceptors (Lipinski definition) is 5. The van der Waals surface area contributed by atoms with Crippen LogP contribution in [0.1, 0.15) is 11.4 Å². The Morgan fingerprint density at radius 2 is 1.74 bits per heavy atom. The van der Waals surface area contributed by atoms with Gasteiger partial charge in [-0.2, -0.15) is 4.52 Å². The van der Waals surface area contributed by atoms with Gasteiger partial charge in [0.15, 0.2) is 17.3 Å². The van der Waals surface area contributed by atoms with Gasteiger partial charge in [0.2, 0.25) is 0 Å². The van der Waals surface area contributed by atoms with Crippen molar-refractivity contribution in [2.75, 3.05) is 12.8 Å². The first kappa shape index (κ1) is 13.5. The van der Waals surface area contributed by atoms with Crippen LogP contribution in [-0.2, 0) is 6.42 Å². The Hall–Kier alpha value is -3.15. The minimum Gasteiger partial charge on any atom is -0.497 e. The van der Waals surface area contributed by atoms with Crippen LogP contribution in [0.4, 0.5) is 5.82 Å². The maximum absolute atomic E-state index is 6.08. The summed E-state index contributed by atoms with van der Waals surface area (Å²) in [6, 6.07) is 15.7. The number of nitrogens with two attached hydrogens (primary N) is 1. The number of benzene rings is 2. The Morgan fingerprint density at radius 1 is 1.00 bits per heavy atom. The van der Waals surface area contributed by atoms with Crippen LogP contribution in [0.2, 0.25) is 0 Å². The van der Waals surface area contributed by atoms with Crippen molar-refractivity contribution in [2.45, 2.75) is 6.42 Å². The van der Waals surface area contributed by atoms with Crippen LogP contribution in [-0.4, -0.2) is 26.9 Å². The highest BCUT2D eigenvalue weighted by atomic mass is 16.5. The van der Waals surface area contributed by atoms with Crippen molar-refractivity contribution in [3.05, 3.63) is 59.9 Å². The van der Waals surface area contributed by atoms with Crippen molar-refractivity contribution in [3.63, 3.8) is 0 Å². The predicted molar refractivity (Wildman–Crippen MR) is 88.5 cm³/mol. The third-order valence-corrected chi connectivity index (χ3v) is 3.88. The second-order valence-corrected chi connectivity index (χ2v) is 5.31. The number of methoxy groups -OCH3 is 1. The van der Waals surface area contributed by atoms with Gasteiger partial charge in [0, 0.05) is 17.2 Å². The summed E-state index contributed by atoms with van der Waals surface area (Å²) >= 11 is 0. The fraction of sp³-hybridized carbons (Fsp3) is 0.118. The zero-order valence-electron chi connectivity index (χ0n) is 12.6. The normalized spacial score (nSPS) is 11.2. The molecule has 2 heterocycles. The number of nitrogens with zero attached hydrogens (tertiary/aromatic N) is 4. The van der Waals surface area contributed by atoms with E-state index in [1.165, 1.54) is 0 Å². The van der Waals surface area contributed by atoms with Gasteiger partial charge in [0.25, 0.3) is 0 Å². The Kier molecular flexibility index (Phi) is 3.08. The van der Waals surface area contributed by atoms with Crippen molar-refractivity contribution >= 4 is 22.2 Å². The molecule has 0 aliphatic rings. The van der Waals surface area contributed by atoms with Gasteiger partial charge in [-0.05, 0) is 17.7 Å². The van der Waals surface area contributed by atoms with E-state index in [0.29, 0.717) is 12.2 Å². The summed E-state index contributed by atoms with van der Waals surface area (Å²) in [4.78, 5) is 0. The molecule has 0 fully saturated rings. The minimum atomic E-state index is 0.476. The second-order valence-electron chi connectivity index (χ2n) is 5.31. The summed E-state index contributed by atoms with van der Waals surface area (Å²) in [6.07, 6.45) is 0.621. The molecule has 0 radical (unpaired) electrons. The van der Waals surface area contributed by atoms with E-state index in [0.717, 1.165) is 33.6 Å². The number of rotatable bonds is 3. The number of anilines is 1. The lowest BCUT2D eigenvalue weighted by molar-refractivity contribution is 0.414. The van der Waals surface area contributed by atoms with E-state index in [2.05, 4.69) is 15.3 Å². The molecule has 0 amide bonds. The third-order valence-electron chi connectivity index (χ3n) is 3.88. The highest BCUT2D eigenvalue weighted by molar-refractivity contribution is 5.99. The van der Waals surface area contributed by atoms with E-state index in [1.807, 2.05) is 48.5 Å². The summed E-state index contributed by atoms with van der Waals surface area (Å²) in [5.41, 5.74) is 7.90. The molecule has 2 N–H and O–H groups in total. The molecule has 0 atom stereocenters. The smallest absolute Gasteiger partial charge is 0.185 e. The first-order valence-corrected chi connectivity index (χ1v) is 7.27. The van der Waals surface area contributed by atoms with Gasteiger partial charge in [-0.15, -0.1) is 15.3 Å². The summed E-state index contributed by atoms with van der Waals surface area (Å²) in [7, 11) is 1.65. The van der Waals surface area contributed by atoms with Gasteiger partial charge in [-0.3, -0.25) is 0 Å². The van der Waals surface area contributed by atoms with Crippen LogP contribution in [0.3, 0.4) is 0 Å². The van der Waals surface area contributed by atoms with Gasteiger partial charge < -0.3 is 10.5 Å². The van der Waals surface area contributed by atoms with E-state index >= 15 is 0 Å². The number of hydrogen-bond donors (Lipinski definition) is 1. The Balaban J connectivity index is 1.81. The SMILES string of the molecule is COc1ccc(Cc2nnc3c4ccccc4c(N)nn23)cc1. The summed E-state index contributed by atoms with van der Waals surface area (Å²) in [5, 5.41) is 14.9. The maximum Gasteiger partial charge on any atom is 0.185 e. The van der Waals surface area contributed by atoms with Gasteiger partial charge in [0.1, 0.15) is 5.75 Å². The molecule has 0 aliphatic carbocycles. The molecule has 0 saturated carbocycles. The van der Waals surface area contributed by atoms with E-state index in [9.17, 15) is 0 Å². The molecule has 114 valence electrons. The molecule has 0 aliphatic heterocycles. The van der Waals surface area contributed by atoms with E-state index in [4.69, 9.17) is 10.5 Å². The minimum absolute atomic E-state index is 0.476. The summed E-state index contributed by atoms with van der Waals surface area (Å²) < 4.78 is 6.90. The Bertz CT molecular complexity index is 991. The summed E-state index contributed by atoms with van der Waals surface area (Å²) in [5.74, 6) is 2.06. The Labute approximate surface area is 132 Å². The molecule has 6 nitrogen and oxygen atoms in total. The lowest BCUT2D eigenvalue weighted by Crippen LogP contribution is -2.04. The van der Waals surface area contributed by atoms with Crippen molar-refractivity contribution in [1.82, 2.24) is 19.8 Å². The van der Waals surface area contributed by atoms with E-state index in [-0.39, 0.29) is 0 Å². The molecular weight excluding hydrogens is 290 g/mol. The molecule has 0 bridgehead atoms. The van der Waals surface area contributed by atoms with Crippen LogP contribution in [0.5, 0.6) is 5.75 Å². The van der Waals surface area contributed by atoms with Crippen molar-refractivity contribution in [2.24, 2.45) is 0 Å². The fourth-order valence-corrected chi connectivity index (χ4v) is 2.68. The van der Waals surface area contributed by atoms with Gasteiger partial charge >= 0.3 is 0 Å². The number of fused-ring (bicyclic) bond motifs is 3. The highest BCUT2D eigenvalue weighted by Crippen LogP contribution is 2.23. The van der Waals surface area contributed by atoms with E-state index in [1.54, 1.807) is 11.6 Å². The van der Waals surface area contributed by atoms with E-state index < -0.39 is 0 Å². The molecular formula is C17H15N5O. The molecule has 6 heteroatoms. The van der Waals surface area contributed by atoms with Crippen LogP contribution in [0.25, 0.3) is 16.4 Å². The molecule has 2 aromatic carbocycles. The zero-order chi connectivity index (χ0) is 15.8. The molecule has 0 saturated heterocycles. The van der Waals surface area contributed by atoms with Crippen LogP contribution >= 0.6 is 0 Å². The lowest BCUT2D eigenvalue weighted by Gasteiger charge is -2.05. The van der Waals surface area contributed by atoms with Gasteiger partial charge in [-0.1, -0.05) is 36.4 Å². The first-order valence-electron chi connectivity index (χ1n) is 7.27. The van der Waals surface area contributed by atoms with Crippen LogP contribution in [0, 0.1) is 0 Å². The van der Waals surface area contributed by atoms with Crippen LogP contribution in [0.15, 0.2) is 48.5 Å². The average molecular weight is 305 g/mol. The van der Waals surface area contributed by atoms with Gasteiger partial charge in [-0.25, -0.2) is 0 Å². The topological polar surface area (TPSA) is 78.3 Å². The molecule has 23 heavy (non-hydrogen) atoms. The quantitative estimate of drug-likeness (QED) is 0.629. The number of ether oxygens (including phenoxy) is 1. The lowest BCUT2D eigenvalue weighted by atomic mass is 10.1. The third kappa shape index (κ3) is 2.24. The molecule has 2 aromatic heterocycles. The molecule has 0 spiro atoms. The fourth-order valence-electron chi connectivity index (χ4n) is 2.68. The van der Waals surface area contributed by atoms with Gasteiger partial charge in [0.05, 0.1) is 7.11 Å². The van der Waals surface area contributed by atoms with Crippen molar-refractivity contribution in [3.8, 4) is 5.75 Å². The molecule has 4 aromatic rings. The van der Waals surface area contributed by atoms with Crippen molar-refractivity contribution in [1.29, 1.82) is 0 Å². The largest absolute Gasteiger partial charge is 0.497 e. The Morgan fingerprint density at radius 3 is 2.48 bits per heavy atom. The highest BCUT2D eigenvalue weighted by Gasteiger charge is 2.13. The van der Waals surface area contributed by atoms with Crippen molar-refractivity contribution < 1.29 is 4.74 Å².